The monoisotopic (exact) mass is 207 g/mol. The zero-order chi connectivity index (χ0) is 8.93. The third-order valence-electron chi connectivity index (χ3n) is 1.61. The molecular formula is C11H10ClNO. The Kier molecular flexibility index (Phi) is 3.95. The van der Waals surface area contributed by atoms with Crippen LogP contribution >= 0.6 is 12.4 Å². The minimum atomic E-state index is 0. The SMILES string of the molecule is Cl.c1ccc(Oc2cccnc2)cc1. The summed E-state index contributed by atoms with van der Waals surface area (Å²) in [5.41, 5.74) is 0. The molecule has 72 valence electrons. The van der Waals surface area contributed by atoms with E-state index < -0.39 is 0 Å². The molecule has 2 rings (SSSR count). The van der Waals surface area contributed by atoms with E-state index in [1.807, 2.05) is 42.5 Å². The molecule has 0 bridgehead atoms. The molecule has 0 saturated heterocycles. The van der Waals surface area contributed by atoms with E-state index >= 15 is 0 Å². The molecule has 0 atom stereocenters. The van der Waals surface area contributed by atoms with Crippen molar-refractivity contribution >= 4 is 12.4 Å². The predicted molar refractivity (Wildman–Crippen MR) is 58.0 cm³/mol. The Morgan fingerprint density at radius 3 is 2.21 bits per heavy atom. The van der Waals surface area contributed by atoms with Crippen LogP contribution in [-0.4, -0.2) is 4.98 Å². The molecule has 0 unspecified atom stereocenters. The first-order valence-corrected chi connectivity index (χ1v) is 4.08. The van der Waals surface area contributed by atoms with Crippen LogP contribution in [0.5, 0.6) is 11.5 Å². The third kappa shape index (κ3) is 2.75. The molecule has 0 N–H and O–H groups in total. The van der Waals surface area contributed by atoms with E-state index in [1.54, 1.807) is 12.4 Å². The summed E-state index contributed by atoms with van der Waals surface area (Å²) in [5.74, 6) is 1.59. The molecule has 0 radical (unpaired) electrons. The second-order valence-electron chi connectivity index (χ2n) is 2.60. The molecule has 0 amide bonds. The van der Waals surface area contributed by atoms with E-state index in [2.05, 4.69) is 4.98 Å². The van der Waals surface area contributed by atoms with Crippen molar-refractivity contribution in [2.75, 3.05) is 0 Å². The first-order valence-electron chi connectivity index (χ1n) is 4.08. The Hall–Kier alpha value is -1.54. The van der Waals surface area contributed by atoms with Gasteiger partial charge in [0.15, 0.2) is 0 Å². The fourth-order valence-corrected chi connectivity index (χ4v) is 1.03. The molecule has 1 heterocycles. The van der Waals surface area contributed by atoms with Crippen LogP contribution in [0.2, 0.25) is 0 Å². The number of hydrogen-bond donors (Lipinski definition) is 0. The summed E-state index contributed by atoms with van der Waals surface area (Å²) >= 11 is 0. The average Bonchev–Trinajstić information content (AvgIpc) is 2.21. The minimum Gasteiger partial charge on any atom is -0.456 e. The van der Waals surface area contributed by atoms with Crippen LogP contribution in [0.1, 0.15) is 0 Å². The number of ether oxygens (including phenoxy) is 1. The Balaban J connectivity index is 0.000000980. The Morgan fingerprint density at radius 1 is 0.857 bits per heavy atom. The summed E-state index contributed by atoms with van der Waals surface area (Å²) in [5, 5.41) is 0. The zero-order valence-electron chi connectivity index (χ0n) is 7.46. The van der Waals surface area contributed by atoms with Gasteiger partial charge in [0.05, 0.1) is 6.20 Å². The van der Waals surface area contributed by atoms with Crippen molar-refractivity contribution in [1.82, 2.24) is 4.98 Å². The van der Waals surface area contributed by atoms with Crippen LogP contribution in [0.3, 0.4) is 0 Å². The van der Waals surface area contributed by atoms with E-state index in [0.29, 0.717) is 0 Å². The van der Waals surface area contributed by atoms with Gasteiger partial charge in [0, 0.05) is 6.20 Å². The molecular weight excluding hydrogens is 198 g/mol. The van der Waals surface area contributed by atoms with Gasteiger partial charge in [-0.1, -0.05) is 18.2 Å². The average molecular weight is 208 g/mol. The van der Waals surface area contributed by atoms with Crippen LogP contribution in [0, 0.1) is 0 Å². The normalized spacial score (nSPS) is 8.86. The van der Waals surface area contributed by atoms with Gasteiger partial charge in [0.1, 0.15) is 11.5 Å². The van der Waals surface area contributed by atoms with Crippen LogP contribution in [0.4, 0.5) is 0 Å². The van der Waals surface area contributed by atoms with Crippen molar-refractivity contribution in [3.05, 3.63) is 54.9 Å². The second kappa shape index (κ2) is 5.25. The van der Waals surface area contributed by atoms with Gasteiger partial charge in [-0.05, 0) is 24.3 Å². The highest BCUT2D eigenvalue weighted by Crippen LogP contribution is 2.18. The fraction of sp³-hybridized carbons (Fsp3) is 0. The first kappa shape index (κ1) is 10.5. The fourth-order valence-electron chi connectivity index (χ4n) is 1.03. The van der Waals surface area contributed by atoms with Crippen LogP contribution in [0.15, 0.2) is 54.9 Å². The summed E-state index contributed by atoms with van der Waals surface area (Å²) in [7, 11) is 0. The quantitative estimate of drug-likeness (QED) is 0.754. The molecule has 0 saturated carbocycles. The highest BCUT2D eigenvalue weighted by molar-refractivity contribution is 5.85. The number of halogens is 1. The van der Waals surface area contributed by atoms with Crippen LogP contribution in [0.25, 0.3) is 0 Å². The molecule has 0 aliphatic carbocycles. The summed E-state index contributed by atoms with van der Waals surface area (Å²) in [6.45, 7) is 0. The van der Waals surface area contributed by atoms with E-state index in [4.69, 9.17) is 4.74 Å². The summed E-state index contributed by atoms with van der Waals surface area (Å²) in [4.78, 5) is 3.96. The molecule has 1 aromatic heterocycles. The minimum absolute atomic E-state index is 0. The smallest absolute Gasteiger partial charge is 0.145 e. The van der Waals surface area contributed by atoms with E-state index in [9.17, 15) is 0 Å². The molecule has 0 aliphatic rings. The lowest BCUT2D eigenvalue weighted by molar-refractivity contribution is 0.480. The maximum atomic E-state index is 5.52. The zero-order valence-corrected chi connectivity index (χ0v) is 8.28. The van der Waals surface area contributed by atoms with Gasteiger partial charge in [-0.15, -0.1) is 12.4 Å². The maximum Gasteiger partial charge on any atom is 0.145 e. The molecule has 3 heteroatoms. The van der Waals surface area contributed by atoms with Gasteiger partial charge >= 0.3 is 0 Å². The molecule has 2 nitrogen and oxygen atoms in total. The molecule has 1 aromatic carbocycles. The largest absolute Gasteiger partial charge is 0.456 e. The molecule has 0 fully saturated rings. The number of nitrogens with zero attached hydrogens (tertiary/aromatic N) is 1. The summed E-state index contributed by atoms with van der Waals surface area (Å²) in [6, 6.07) is 13.4. The number of para-hydroxylation sites is 1. The topological polar surface area (TPSA) is 22.1 Å². The van der Waals surface area contributed by atoms with Crippen molar-refractivity contribution in [2.24, 2.45) is 0 Å². The van der Waals surface area contributed by atoms with Crippen molar-refractivity contribution in [3.63, 3.8) is 0 Å². The first-order chi connectivity index (χ1) is 6.45. The van der Waals surface area contributed by atoms with E-state index in [0.717, 1.165) is 11.5 Å². The van der Waals surface area contributed by atoms with Crippen molar-refractivity contribution < 1.29 is 4.74 Å². The number of rotatable bonds is 2. The molecule has 0 aliphatic heterocycles. The lowest BCUT2D eigenvalue weighted by atomic mass is 10.3. The van der Waals surface area contributed by atoms with E-state index in [1.165, 1.54) is 0 Å². The highest BCUT2D eigenvalue weighted by Gasteiger charge is 1.93. The standard InChI is InChI=1S/C11H9NO.ClH/c1-2-5-10(6-3-1)13-11-7-4-8-12-9-11;/h1-9H;1H. The Labute approximate surface area is 89.0 Å². The number of pyridine rings is 1. The molecule has 0 spiro atoms. The summed E-state index contributed by atoms with van der Waals surface area (Å²) < 4.78 is 5.52. The number of hydrogen-bond acceptors (Lipinski definition) is 2. The van der Waals surface area contributed by atoms with Crippen molar-refractivity contribution in [3.8, 4) is 11.5 Å². The molecule has 14 heavy (non-hydrogen) atoms. The lowest BCUT2D eigenvalue weighted by Crippen LogP contribution is -1.83. The Bertz CT molecular complexity index is 326. The van der Waals surface area contributed by atoms with Crippen LogP contribution < -0.4 is 4.74 Å². The van der Waals surface area contributed by atoms with Gasteiger partial charge in [0.25, 0.3) is 0 Å². The highest BCUT2D eigenvalue weighted by atomic mass is 35.5. The van der Waals surface area contributed by atoms with Gasteiger partial charge in [0.2, 0.25) is 0 Å². The Morgan fingerprint density at radius 2 is 1.57 bits per heavy atom. The second-order valence-corrected chi connectivity index (χ2v) is 2.60. The van der Waals surface area contributed by atoms with Crippen molar-refractivity contribution in [2.45, 2.75) is 0 Å². The van der Waals surface area contributed by atoms with E-state index in [-0.39, 0.29) is 12.4 Å². The van der Waals surface area contributed by atoms with Gasteiger partial charge < -0.3 is 4.74 Å². The van der Waals surface area contributed by atoms with Gasteiger partial charge in [-0.3, -0.25) is 4.98 Å². The maximum absolute atomic E-state index is 5.52. The predicted octanol–water partition coefficient (Wildman–Crippen LogP) is 3.30. The van der Waals surface area contributed by atoms with Gasteiger partial charge in [-0.25, -0.2) is 0 Å². The van der Waals surface area contributed by atoms with Crippen molar-refractivity contribution in [1.29, 1.82) is 0 Å². The molecule has 2 aromatic rings. The van der Waals surface area contributed by atoms with Gasteiger partial charge in [-0.2, -0.15) is 0 Å². The number of aromatic nitrogens is 1. The van der Waals surface area contributed by atoms with Crippen LogP contribution in [-0.2, 0) is 0 Å². The lowest BCUT2D eigenvalue weighted by Gasteiger charge is -2.03. The number of benzene rings is 1. The third-order valence-corrected chi connectivity index (χ3v) is 1.61. The summed E-state index contributed by atoms with van der Waals surface area (Å²) in [6.07, 6.45) is 3.41.